The number of fused-ring (bicyclic) bond motifs is 2. The van der Waals surface area contributed by atoms with E-state index in [0.717, 1.165) is 12.8 Å². The normalized spacial score (nSPS) is 25.5. The summed E-state index contributed by atoms with van der Waals surface area (Å²) in [5.74, 6) is -0.378. The topological polar surface area (TPSA) is 54.0 Å². The van der Waals surface area contributed by atoms with Crippen LogP contribution in [0.5, 0.6) is 0 Å². The Morgan fingerprint density at radius 1 is 1.17 bits per heavy atom. The minimum Gasteiger partial charge on any atom is -0.349 e. The maximum absolute atomic E-state index is 13.3. The van der Waals surface area contributed by atoms with Crippen molar-refractivity contribution in [1.29, 1.82) is 0 Å². The Bertz CT molecular complexity index is 735. The molecule has 4 rings (SSSR count). The minimum atomic E-state index is -0.295. The van der Waals surface area contributed by atoms with E-state index in [4.69, 9.17) is 0 Å². The number of pyridine rings is 1. The second-order valence-corrected chi connectivity index (χ2v) is 6.72. The summed E-state index contributed by atoms with van der Waals surface area (Å²) >= 11 is 0. The summed E-state index contributed by atoms with van der Waals surface area (Å²) in [6.45, 7) is 0. The molecule has 3 heterocycles. The second-order valence-electron chi connectivity index (χ2n) is 6.72. The number of hydrogen-bond donors (Lipinski definition) is 2. The Kier molecular flexibility index (Phi) is 4.02. The standard InChI is InChI=1S/C19H20FN3O/c20-14-3-1-2-12(8-14)18-7-4-13(11-21-18)19(24)23-17-9-15-5-6-16(10-17)22-15/h1-4,7-8,11,15-17,22H,5-6,9-10H2,(H,23,24)/t15-,16+,17-. The summed E-state index contributed by atoms with van der Waals surface area (Å²) in [6, 6.07) is 11.1. The van der Waals surface area contributed by atoms with Crippen molar-refractivity contribution in [2.24, 2.45) is 0 Å². The Labute approximate surface area is 140 Å². The van der Waals surface area contributed by atoms with Gasteiger partial charge in [-0.25, -0.2) is 4.39 Å². The van der Waals surface area contributed by atoms with E-state index < -0.39 is 0 Å². The van der Waals surface area contributed by atoms with Crippen molar-refractivity contribution in [2.45, 2.75) is 43.8 Å². The minimum absolute atomic E-state index is 0.0837. The third-order valence-electron chi connectivity index (χ3n) is 4.95. The number of rotatable bonds is 3. The third kappa shape index (κ3) is 3.17. The monoisotopic (exact) mass is 325 g/mol. The van der Waals surface area contributed by atoms with E-state index in [1.807, 2.05) is 0 Å². The van der Waals surface area contributed by atoms with Gasteiger partial charge in [0, 0.05) is 29.9 Å². The molecule has 2 aromatic rings. The maximum atomic E-state index is 13.3. The van der Waals surface area contributed by atoms with Gasteiger partial charge in [-0.15, -0.1) is 0 Å². The first-order valence-corrected chi connectivity index (χ1v) is 8.46. The summed E-state index contributed by atoms with van der Waals surface area (Å²) < 4.78 is 13.3. The molecule has 124 valence electrons. The van der Waals surface area contributed by atoms with Crippen LogP contribution in [0.1, 0.15) is 36.0 Å². The van der Waals surface area contributed by atoms with Gasteiger partial charge in [0.05, 0.1) is 11.3 Å². The van der Waals surface area contributed by atoms with Crippen molar-refractivity contribution < 1.29 is 9.18 Å². The maximum Gasteiger partial charge on any atom is 0.253 e. The first-order chi connectivity index (χ1) is 11.7. The van der Waals surface area contributed by atoms with Crippen LogP contribution < -0.4 is 10.6 Å². The molecule has 2 saturated heterocycles. The zero-order chi connectivity index (χ0) is 16.5. The van der Waals surface area contributed by atoms with Gasteiger partial charge in [-0.3, -0.25) is 9.78 Å². The molecular weight excluding hydrogens is 305 g/mol. The van der Waals surface area contributed by atoms with E-state index in [-0.39, 0.29) is 17.8 Å². The summed E-state index contributed by atoms with van der Waals surface area (Å²) in [7, 11) is 0. The highest BCUT2D eigenvalue weighted by Gasteiger charge is 2.34. The smallest absolute Gasteiger partial charge is 0.253 e. The Morgan fingerprint density at radius 2 is 1.96 bits per heavy atom. The predicted molar refractivity (Wildman–Crippen MR) is 90.1 cm³/mol. The van der Waals surface area contributed by atoms with Gasteiger partial charge >= 0.3 is 0 Å². The Hall–Kier alpha value is -2.27. The molecule has 0 radical (unpaired) electrons. The molecule has 2 fully saturated rings. The van der Waals surface area contributed by atoms with Gasteiger partial charge in [-0.05, 0) is 49.9 Å². The predicted octanol–water partition coefficient (Wildman–Crippen LogP) is 2.90. The number of hydrogen-bond acceptors (Lipinski definition) is 3. The highest BCUT2D eigenvalue weighted by atomic mass is 19.1. The number of nitrogens with one attached hydrogen (secondary N) is 2. The molecular formula is C19H20FN3O. The van der Waals surface area contributed by atoms with Crippen molar-refractivity contribution in [2.75, 3.05) is 0 Å². The van der Waals surface area contributed by atoms with Crippen LogP contribution in [-0.2, 0) is 0 Å². The average Bonchev–Trinajstić information content (AvgIpc) is 2.93. The molecule has 2 aliphatic heterocycles. The van der Waals surface area contributed by atoms with Gasteiger partial charge < -0.3 is 10.6 Å². The third-order valence-corrected chi connectivity index (χ3v) is 4.95. The van der Waals surface area contributed by atoms with Crippen LogP contribution in [0.3, 0.4) is 0 Å². The van der Waals surface area contributed by atoms with Crippen LogP contribution in [0.2, 0.25) is 0 Å². The molecule has 1 amide bonds. The lowest BCUT2D eigenvalue weighted by Gasteiger charge is -2.29. The van der Waals surface area contributed by atoms with Crippen LogP contribution in [0, 0.1) is 5.82 Å². The molecule has 0 saturated carbocycles. The highest BCUT2D eigenvalue weighted by Crippen LogP contribution is 2.27. The van der Waals surface area contributed by atoms with Gasteiger partial charge in [0.25, 0.3) is 5.91 Å². The van der Waals surface area contributed by atoms with E-state index in [1.165, 1.54) is 25.0 Å². The van der Waals surface area contributed by atoms with Crippen LogP contribution >= 0.6 is 0 Å². The quantitative estimate of drug-likeness (QED) is 0.912. The number of nitrogens with zero attached hydrogens (tertiary/aromatic N) is 1. The zero-order valence-corrected chi connectivity index (χ0v) is 13.3. The van der Waals surface area contributed by atoms with Crippen LogP contribution in [0.4, 0.5) is 4.39 Å². The highest BCUT2D eigenvalue weighted by molar-refractivity contribution is 5.94. The lowest BCUT2D eigenvalue weighted by Crippen LogP contribution is -2.48. The number of amides is 1. The molecule has 0 aliphatic carbocycles. The molecule has 2 N–H and O–H groups in total. The van der Waals surface area contributed by atoms with Gasteiger partial charge in [0.1, 0.15) is 5.82 Å². The summed E-state index contributed by atoms with van der Waals surface area (Å²) in [4.78, 5) is 16.7. The number of piperidine rings is 1. The van der Waals surface area contributed by atoms with Crippen molar-refractivity contribution in [3.8, 4) is 11.3 Å². The first-order valence-electron chi connectivity index (χ1n) is 8.46. The number of benzene rings is 1. The van der Waals surface area contributed by atoms with Crippen molar-refractivity contribution in [3.05, 3.63) is 54.0 Å². The lowest BCUT2D eigenvalue weighted by atomic mass is 9.99. The molecule has 5 heteroatoms. The van der Waals surface area contributed by atoms with Crippen molar-refractivity contribution in [3.63, 3.8) is 0 Å². The fourth-order valence-corrected chi connectivity index (χ4v) is 3.79. The van der Waals surface area contributed by atoms with Crippen LogP contribution in [-0.4, -0.2) is 29.0 Å². The van der Waals surface area contributed by atoms with Crippen LogP contribution in [0.15, 0.2) is 42.6 Å². The number of carbonyl (C=O) groups excluding carboxylic acids is 1. The zero-order valence-electron chi connectivity index (χ0n) is 13.3. The largest absolute Gasteiger partial charge is 0.349 e. The molecule has 1 aromatic carbocycles. The van der Waals surface area contributed by atoms with Crippen LogP contribution in [0.25, 0.3) is 11.3 Å². The first kappa shape index (κ1) is 15.3. The van der Waals surface area contributed by atoms with Gasteiger partial charge in [-0.1, -0.05) is 12.1 Å². The lowest BCUT2D eigenvalue weighted by molar-refractivity contribution is 0.0923. The molecule has 2 bridgehead atoms. The Balaban J connectivity index is 1.43. The van der Waals surface area contributed by atoms with E-state index in [9.17, 15) is 9.18 Å². The van der Waals surface area contributed by atoms with E-state index in [0.29, 0.717) is 28.9 Å². The van der Waals surface area contributed by atoms with Gasteiger partial charge in [-0.2, -0.15) is 0 Å². The number of aromatic nitrogens is 1. The Morgan fingerprint density at radius 3 is 2.62 bits per heavy atom. The van der Waals surface area contributed by atoms with Gasteiger partial charge in [0.2, 0.25) is 0 Å². The molecule has 1 aromatic heterocycles. The van der Waals surface area contributed by atoms with E-state index in [1.54, 1.807) is 30.5 Å². The van der Waals surface area contributed by atoms with E-state index >= 15 is 0 Å². The molecule has 2 aliphatic rings. The molecule has 24 heavy (non-hydrogen) atoms. The molecule has 0 unspecified atom stereocenters. The van der Waals surface area contributed by atoms with Gasteiger partial charge in [0.15, 0.2) is 0 Å². The van der Waals surface area contributed by atoms with E-state index in [2.05, 4.69) is 15.6 Å². The average molecular weight is 325 g/mol. The second kappa shape index (κ2) is 6.32. The number of halogens is 1. The number of carbonyl (C=O) groups is 1. The SMILES string of the molecule is O=C(N[C@@H]1C[C@H]2CC[C@@H](C1)N2)c1ccc(-c2cccc(F)c2)nc1. The molecule has 3 atom stereocenters. The molecule has 0 spiro atoms. The fourth-order valence-electron chi connectivity index (χ4n) is 3.79. The van der Waals surface area contributed by atoms with Crippen molar-refractivity contribution in [1.82, 2.24) is 15.6 Å². The summed E-state index contributed by atoms with van der Waals surface area (Å²) in [5.41, 5.74) is 1.91. The summed E-state index contributed by atoms with van der Waals surface area (Å²) in [5, 5.41) is 6.69. The fraction of sp³-hybridized carbons (Fsp3) is 0.368. The molecule has 4 nitrogen and oxygen atoms in total. The van der Waals surface area contributed by atoms with Crippen molar-refractivity contribution >= 4 is 5.91 Å². The summed E-state index contributed by atoms with van der Waals surface area (Å²) in [6.07, 6.45) is 5.97.